The first kappa shape index (κ1) is 14.6. The maximum atomic E-state index is 10.5. The second kappa shape index (κ2) is 7.78. The molecule has 0 aliphatic rings. The number of aromatic nitrogens is 2. The Balaban J connectivity index is 2.31. The molecule has 0 spiro atoms. The van der Waals surface area contributed by atoms with Crippen LogP contribution in [0.4, 0.5) is 0 Å². The Bertz CT molecular complexity index is 362. The molecule has 1 aromatic rings. The summed E-state index contributed by atoms with van der Waals surface area (Å²) in [4.78, 5) is 17.0. The molecule has 0 atom stereocenters. The number of likely N-dealkylation sites (N-methyl/N-ethyl adjacent to an activating group) is 1. The summed E-state index contributed by atoms with van der Waals surface area (Å²) in [5.74, 6) is 0.764. The van der Waals surface area contributed by atoms with Crippen molar-refractivity contribution >= 4 is 5.91 Å². The zero-order valence-corrected chi connectivity index (χ0v) is 11.0. The van der Waals surface area contributed by atoms with Crippen molar-refractivity contribution < 1.29 is 9.32 Å². The van der Waals surface area contributed by atoms with E-state index in [0.29, 0.717) is 18.3 Å². The number of carbonyl (C=O) groups excluding carboxylic acids is 1. The smallest absolute Gasteiger partial charge is 0.240 e. The summed E-state index contributed by atoms with van der Waals surface area (Å²) in [5.41, 5.74) is 5.00. The van der Waals surface area contributed by atoms with Gasteiger partial charge in [0.05, 0.1) is 13.1 Å². The van der Waals surface area contributed by atoms with Crippen molar-refractivity contribution in [1.82, 2.24) is 20.4 Å². The molecule has 0 unspecified atom stereocenters. The van der Waals surface area contributed by atoms with Gasteiger partial charge in [0, 0.05) is 13.0 Å². The topological polar surface area (TPSA) is 97.3 Å². The summed E-state index contributed by atoms with van der Waals surface area (Å²) < 4.78 is 5.05. The lowest BCUT2D eigenvalue weighted by Gasteiger charge is -2.16. The van der Waals surface area contributed by atoms with Crippen LogP contribution in [0, 0.1) is 0 Å². The highest BCUT2D eigenvalue weighted by molar-refractivity contribution is 5.75. The average molecular weight is 255 g/mol. The van der Waals surface area contributed by atoms with E-state index in [4.69, 9.17) is 10.3 Å². The number of hydrogen-bond acceptors (Lipinski definition) is 6. The van der Waals surface area contributed by atoms with Gasteiger partial charge >= 0.3 is 0 Å². The first-order valence-electron chi connectivity index (χ1n) is 6.18. The van der Waals surface area contributed by atoms with Crippen LogP contribution >= 0.6 is 0 Å². The molecule has 0 saturated heterocycles. The lowest BCUT2D eigenvalue weighted by molar-refractivity contribution is -0.117. The molecule has 3 N–H and O–H groups in total. The Hall–Kier alpha value is -1.47. The van der Waals surface area contributed by atoms with E-state index in [1.807, 2.05) is 0 Å². The van der Waals surface area contributed by atoms with Gasteiger partial charge in [0.25, 0.3) is 0 Å². The lowest BCUT2D eigenvalue weighted by atomic mass is 10.3. The predicted molar refractivity (Wildman–Crippen MR) is 66.7 cm³/mol. The van der Waals surface area contributed by atoms with Crippen LogP contribution < -0.4 is 11.1 Å². The summed E-state index contributed by atoms with van der Waals surface area (Å²) in [5, 5.41) is 6.71. The Labute approximate surface area is 107 Å². The minimum atomic E-state index is -0.406. The molecule has 1 rings (SSSR count). The van der Waals surface area contributed by atoms with Crippen molar-refractivity contribution in [2.75, 3.05) is 26.2 Å². The molecule has 1 amide bonds. The fourth-order valence-corrected chi connectivity index (χ4v) is 1.55. The van der Waals surface area contributed by atoms with Crippen molar-refractivity contribution in [1.29, 1.82) is 0 Å². The zero-order chi connectivity index (χ0) is 13.4. The minimum Gasteiger partial charge on any atom is -0.369 e. The summed E-state index contributed by atoms with van der Waals surface area (Å²) in [7, 11) is 0. The number of nitrogens with zero attached hydrogens (tertiary/aromatic N) is 3. The summed E-state index contributed by atoms with van der Waals surface area (Å²) in [6.07, 6.45) is 0.765. The number of hydrogen-bond donors (Lipinski definition) is 2. The van der Waals surface area contributed by atoms with Crippen LogP contribution in [0.3, 0.4) is 0 Å². The standard InChI is InChI=1S/C11H21N5O2/c1-3-16(4-2)6-5-10-14-11(18-15-10)8-13-7-9(12)17/h13H,3-8H2,1-2H3,(H2,12,17). The molecule has 0 aliphatic carbocycles. The van der Waals surface area contributed by atoms with E-state index >= 15 is 0 Å². The molecule has 1 heterocycles. The van der Waals surface area contributed by atoms with E-state index in [1.54, 1.807) is 0 Å². The number of nitrogens with two attached hydrogens (primary N) is 1. The van der Waals surface area contributed by atoms with Crippen molar-refractivity contribution in [3.63, 3.8) is 0 Å². The van der Waals surface area contributed by atoms with Crippen LogP contribution in [0.25, 0.3) is 0 Å². The second-order valence-electron chi connectivity index (χ2n) is 3.95. The predicted octanol–water partition coefficient (Wildman–Crippen LogP) is -0.471. The molecule has 102 valence electrons. The maximum absolute atomic E-state index is 10.5. The largest absolute Gasteiger partial charge is 0.369 e. The molecule has 0 radical (unpaired) electrons. The van der Waals surface area contributed by atoms with Gasteiger partial charge in [-0.15, -0.1) is 0 Å². The molecule has 0 aliphatic heterocycles. The van der Waals surface area contributed by atoms with Gasteiger partial charge < -0.3 is 15.2 Å². The van der Waals surface area contributed by atoms with Gasteiger partial charge in [-0.05, 0) is 13.1 Å². The Morgan fingerprint density at radius 2 is 2.17 bits per heavy atom. The quantitative estimate of drug-likeness (QED) is 0.619. The second-order valence-corrected chi connectivity index (χ2v) is 3.95. The first-order chi connectivity index (χ1) is 8.65. The normalized spacial score (nSPS) is 11.1. The van der Waals surface area contributed by atoms with Crippen LogP contribution in [0.15, 0.2) is 4.52 Å². The van der Waals surface area contributed by atoms with Gasteiger partial charge in [-0.2, -0.15) is 4.98 Å². The summed E-state index contributed by atoms with van der Waals surface area (Å²) in [6.45, 7) is 7.67. The average Bonchev–Trinajstić information content (AvgIpc) is 2.78. The van der Waals surface area contributed by atoms with Gasteiger partial charge in [-0.25, -0.2) is 0 Å². The van der Waals surface area contributed by atoms with E-state index < -0.39 is 5.91 Å². The van der Waals surface area contributed by atoms with Crippen LogP contribution in [0.1, 0.15) is 25.6 Å². The number of carbonyl (C=O) groups is 1. The lowest BCUT2D eigenvalue weighted by Crippen LogP contribution is -2.28. The molecule has 0 aromatic carbocycles. The van der Waals surface area contributed by atoms with Crippen LogP contribution in [0.2, 0.25) is 0 Å². The molecule has 1 aromatic heterocycles. The molecular formula is C11H21N5O2. The van der Waals surface area contributed by atoms with Gasteiger partial charge in [-0.3, -0.25) is 10.1 Å². The SMILES string of the molecule is CCN(CC)CCc1noc(CNCC(N)=O)n1. The highest BCUT2D eigenvalue weighted by Gasteiger charge is 2.07. The van der Waals surface area contributed by atoms with Crippen molar-refractivity contribution in [2.45, 2.75) is 26.8 Å². The Morgan fingerprint density at radius 1 is 1.44 bits per heavy atom. The molecule has 18 heavy (non-hydrogen) atoms. The monoisotopic (exact) mass is 255 g/mol. The van der Waals surface area contributed by atoms with Crippen LogP contribution in [-0.2, 0) is 17.8 Å². The Morgan fingerprint density at radius 3 is 2.78 bits per heavy atom. The number of nitrogens with one attached hydrogen (secondary N) is 1. The Kier molecular flexibility index (Phi) is 6.31. The maximum Gasteiger partial charge on any atom is 0.240 e. The van der Waals surface area contributed by atoms with E-state index in [2.05, 4.69) is 34.2 Å². The molecule has 7 nitrogen and oxygen atoms in total. The molecule has 0 saturated carbocycles. The van der Waals surface area contributed by atoms with E-state index in [-0.39, 0.29) is 6.54 Å². The van der Waals surface area contributed by atoms with Crippen molar-refractivity contribution in [3.8, 4) is 0 Å². The fourth-order valence-electron chi connectivity index (χ4n) is 1.55. The molecule has 7 heteroatoms. The summed E-state index contributed by atoms with van der Waals surface area (Å²) >= 11 is 0. The third kappa shape index (κ3) is 5.24. The third-order valence-electron chi connectivity index (χ3n) is 2.63. The number of amides is 1. The first-order valence-corrected chi connectivity index (χ1v) is 6.18. The van der Waals surface area contributed by atoms with Gasteiger partial charge in [0.2, 0.25) is 11.8 Å². The van der Waals surface area contributed by atoms with Crippen molar-refractivity contribution in [3.05, 3.63) is 11.7 Å². The van der Waals surface area contributed by atoms with Gasteiger partial charge in [-0.1, -0.05) is 19.0 Å². The molecular weight excluding hydrogens is 234 g/mol. The van der Waals surface area contributed by atoms with Crippen molar-refractivity contribution in [2.24, 2.45) is 5.73 Å². The third-order valence-corrected chi connectivity index (χ3v) is 2.63. The van der Waals surface area contributed by atoms with E-state index in [9.17, 15) is 4.79 Å². The highest BCUT2D eigenvalue weighted by Crippen LogP contribution is 1.99. The van der Waals surface area contributed by atoms with E-state index in [1.165, 1.54) is 0 Å². The number of rotatable bonds is 9. The van der Waals surface area contributed by atoms with Gasteiger partial charge in [0.15, 0.2) is 5.82 Å². The van der Waals surface area contributed by atoms with Gasteiger partial charge in [0.1, 0.15) is 0 Å². The van der Waals surface area contributed by atoms with E-state index in [0.717, 1.165) is 26.1 Å². The minimum absolute atomic E-state index is 0.108. The molecule has 0 bridgehead atoms. The zero-order valence-electron chi connectivity index (χ0n) is 11.0. The fraction of sp³-hybridized carbons (Fsp3) is 0.727. The van der Waals surface area contributed by atoms with Crippen LogP contribution in [0.5, 0.6) is 0 Å². The molecule has 0 fully saturated rings. The summed E-state index contributed by atoms with van der Waals surface area (Å²) in [6, 6.07) is 0. The number of primary amides is 1. The highest BCUT2D eigenvalue weighted by atomic mass is 16.5. The van der Waals surface area contributed by atoms with Crippen LogP contribution in [-0.4, -0.2) is 47.1 Å².